The van der Waals surface area contributed by atoms with Crippen molar-refractivity contribution in [3.8, 4) is 28.8 Å². The van der Waals surface area contributed by atoms with Crippen LogP contribution in [0.15, 0.2) is 72.6 Å². The number of nitrogens with zero attached hydrogens (tertiary/aromatic N) is 6. The molecule has 0 aliphatic carbocycles. The smallest absolute Gasteiger partial charge is 0.264 e. The van der Waals surface area contributed by atoms with Crippen molar-refractivity contribution >= 4 is 22.8 Å². The normalized spacial score (nSPS) is 19.5. The van der Waals surface area contributed by atoms with Gasteiger partial charge in [-0.2, -0.15) is 10.4 Å². The number of likely N-dealkylation sites (tertiary alicyclic amines) is 1. The number of carbonyl (C=O) groups is 1. The van der Waals surface area contributed by atoms with Crippen molar-refractivity contribution in [3.63, 3.8) is 0 Å². The maximum atomic E-state index is 13.3. The highest BCUT2D eigenvalue weighted by atomic mass is 16.5. The molecule has 2 aliphatic rings. The number of nitrogens with two attached hydrogens (primary N) is 1. The average molecular weight is 536 g/mol. The number of amides is 1. The Bertz CT molecular complexity index is 1590. The number of anilines is 1. The molecule has 4 heterocycles. The summed E-state index contributed by atoms with van der Waals surface area (Å²) in [4.78, 5) is 23.8. The van der Waals surface area contributed by atoms with Crippen LogP contribution in [0.5, 0.6) is 11.5 Å². The van der Waals surface area contributed by atoms with Crippen molar-refractivity contribution in [1.29, 1.82) is 5.26 Å². The van der Waals surface area contributed by atoms with Gasteiger partial charge in [0.25, 0.3) is 5.91 Å². The molecule has 0 radical (unpaired) electrons. The van der Waals surface area contributed by atoms with E-state index in [1.807, 2.05) is 59.3 Å². The highest BCUT2D eigenvalue weighted by Gasteiger charge is 2.30. The van der Waals surface area contributed by atoms with Crippen LogP contribution in [0, 0.1) is 11.3 Å². The zero-order valence-electron chi connectivity index (χ0n) is 21.9. The van der Waals surface area contributed by atoms with E-state index in [1.165, 1.54) is 6.33 Å². The third-order valence-corrected chi connectivity index (χ3v) is 7.32. The number of benzene rings is 2. The van der Waals surface area contributed by atoms with E-state index in [0.29, 0.717) is 48.0 Å². The average Bonchev–Trinajstić information content (AvgIpc) is 3.65. The third kappa shape index (κ3) is 5.11. The Labute approximate surface area is 231 Å². The van der Waals surface area contributed by atoms with Crippen molar-refractivity contribution in [1.82, 2.24) is 24.6 Å². The number of aromatic nitrogens is 4. The molecule has 6 rings (SSSR count). The molecule has 1 amide bonds. The van der Waals surface area contributed by atoms with Gasteiger partial charge in [-0.15, -0.1) is 0 Å². The van der Waals surface area contributed by atoms with E-state index in [0.717, 1.165) is 37.0 Å². The van der Waals surface area contributed by atoms with Gasteiger partial charge in [-0.1, -0.05) is 18.2 Å². The fourth-order valence-corrected chi connectivity index (χ4v) is 5.34. The summed E-state index contributed by atoms with van der Waals surface area (Å²) in [5.74, 6) is 1.52. The molecule has 2 aromatic carbocycles. The molecule has 2 atom stereocenters. The molecule has 40 heavy (non-hydrogen) atoms. The molecule has 10 nitrogen and oxygen atoms in total. The van der Waals surface area contributed by atoms with Gasteiger partial charge in [0, 0.05) is 25.3 Å². The summed E-state index contributed by atoms with van der Waals surface area (Å²) in [6, 6.07) is 19.2. The van der Waals surface area contributed by atoms with Crippen molar-refractivity contribution in [2.45, 2.75) is 37.8 Å². The Hall–Kier alpha value is -4.75. The zero-order valence-corrected chi connectivity index (χ0v) is 21.9. The number of nitrogen functional groups attached to an aromatic ring is 1. The van der Waals surface area contributed by atoms with Crippen molar-refractivity contribution in [2.75, 3.05) is 25.4 Å². The van der Waals surface area contributed by atoms with E-state index in [4.69, 9.17) is 20.3 Å². The molecule has 2 aliphatic heterocycles. The zero-order chi connectivity index (χ0) is 27.5. The highest BCUT2D eigenvalue weighted by molar-refractivity contribution is 5.99. The number of hydrogen-bond acceptors (Lipinski definition) is 8. The number of hydrogen-bond donors (Lipinski definition) is 1. The van der Waals surface area contributed by atoms with E-state index in [9.17, 15) is 10.1 Å². The lowest BCUT2D eigenvalue weighted by Gasteiger charge is -2.33. The first-order valence-electron chi connectivity index (χ1n) is 13.5. The van der Waals surface area contributed by atoms with Crippen molar-refractivity contribution in [3.05, 3.63) is 72.6 Å². The molecular weight excluding hydrogens is 506 g/mol. The van der Waals surface area contributed by atoms with Crippen LogP contribution in [-0.2, 0) is 9.53 Å². The van der Waals surface area contributed by atoms with E-state index in [-0.39, 0.29) is 23.6 Å². The summed E-state index contributed by atoms with van der Waals surface area (Å²) < 4.78 is 13.4. The molecule has 2 N–H and O–H groups in total. The first-order chi connectivity index (χ1) is 19.6. The van der Waals surface area contributed by atoms with E-state index < -0.39 is 0 Å². The molecule has 2 fully saturated rings. The lowest BCUT2D eigenvalue weighted by molar-refractivity contribution is -0.128. The monoisotopic (exact) mass is 535 g/mol. The summed E-state index contributed by atoms with van der Waals surface area (Å²) in [5, 5.41) is 15.3. The van der Waals surface area contributed by atoms with Gasteiger partial charge < -0.3 is 20.1 Å². The Morgan fingerprint density at radius 1 is 1.07 bits per heavy atom. The topological polar surface area (TPSA) is 132 Å². The van der Waals surface area contributed by atoms with Crippen LogP contribution < -0.4 is 10.5 Å². The number of ether oxygens (including phenoxy) is 2. The van der Waals surface area contributed by atoms with Crippen LogP contribution in [0.1, 0.15) is 31.7 Å². The molecule has 1 unspecified atom stereocenters. The second-order valence-corrected chi connectivity index (χ2v) is 9.98. The molecule has 202 valence electrons. The standard InChI is InChI=1S/C30H29N7O3/c31-17-21(16-25-9-5-15-39-25)30(38)36-14-4-6-22(18-36)37-29-26(28(32)33-19-34-29)27(35-37)20-10-12-24(13-11-20)40-23-7-2-1-3-8-23/h1-3,7-8,10-13,16,19,22,25H,4-6,9,14-15,18H2,(H2,32,33,34)/b21-16-/t22-,25?/m1/s1. The second-order valence-electron chi connectivity index (χ2n) is 9.98. The molecule has 0 spiro atoms. The van der Waals surface area contributed by atoms with Crippen LogP contribution in [0.25, 0.3) is 22.3 Å². The number of para-hydroxylation sites is 1. The van der Waals surface area contributed by atoms with Gasteiger partial charge >= 0.3 is 0 Å². The van der Waals surface area contributed by atoms with Gasteiger partial charge in [0.05, 0.1) is 17.5 Å². The number of piperidine rings is 1. The van der Waals surface area contributed by atoms with E-state index >= 15 is 0 Å². The Morgan fingerprint density at radius 3 is 2.62 bits per heavy atom. The van der Waals surface area contributed by atoms with Gasteiger partial charge in [-0.05, 0) is 68.2 Å². The summed E-state index contributed by atoms with van der Waals surface area (Å²) >= 11 is 0. The first kappa shape index (κ1) is 25.5. The van der Waals surface area contributed by atoms with Gasteiger partial charge in [0.2, 0.25) is 0 Å². The SMILES string of the molecule is N#C/C(=C/C1CCCO1)C(=O)N1CCC[C@@H](n2nc(-c3ccc(Oc4ccccc4)cc3)c3c(N)ncnc32)C1. The Kier molecular flexibility index (Phi) is 7.12. The van der Waals surface area contributed by atoms with E-state index in [2.05, 4.69) is 16.0 Å². The lowest BCUT2D eigenvalue weighted by Crippen LogP contribution is -2.41. The number of carbonyl (C=O) groups excluding carboxylic acids is 1. The van der Waals surface area contributed by atoms with Crippen LogP contribution in [0.4, 0.5) is 5.82 Å². The Morgan fingerprint density at radius 2 is 1.88 bits per heavy atom. The summed E-state index contributed by atoms with van der Waals surface area (Å²) in [5.41, 5.74) is 8.59. The van der Waals surface area contributed by atoms with Crippen molar-refractivity contribution in [2.24, 2.45) is 0 Å². The summed E-state index contributed by atoms with van der Waals surface area (Å²) in [7, 11) is 0. The molecule has 10 heteroatoms. The van der Waals surface area contributed by atoms with Gasteiger partial charge in [0.15, 0.2) is 5.65 Å². The Balaban J connectivity index is 1.28. The van der Waals surface area contributed by atoms with Crippen LogP contribution in [0.3, 0.4) is 0 Å². The predicted octanol–water partition coefficient (Wildman–Crippen LogP) is 4.66. The van der Waals surface area contributed by atoms with Crippen LogP contribution >= 0.6 is 0 Å². The highest BCUT2D eigenvalue weighted by Crippen LogP contribution is 2.35. The largest absolute Gasteiger partial charge is 0.457 e. The van der Waals surface area contributed by atoms with Crippen LogP contribution in [-0.4, -0.2) is 56.4 Å². The van der Waals surface area contributed by atoms with E-state index in [1.54, 1.807) is 11.0 Å². The van der Waals surface area contributed by atoms with Crippen LogP contribution in [0.2, 0.25) is 0 Å². The molecular formula is C30H29N7O3. The minimum absolute atomic E-state index is 0.128. The molecule has 0 bridgehead atoms. The van der Waals surface area contributed by atoms with Gasteiger partial charge in [-0.25, -0.2) is 14.6 Å². The fraction of sp³-hybridized carbons (Fsp3) is 0.300. The molecule has 4 aromatic rings. The fourth-order valence-electron chi connectivity index (χ4n) is 5.34. The number of nitriles is 1. The number of rotatable bonds is 6. The minimum atomic E-state index is -0.275. The number of fused-ring (bicyclic) bond motifs is 1. The molecule has 2 aromatic heterocycles. The maximum Gasteiger partial charge on any atom is 0.264 e. The van der Waals surface area contributed by atoms with Gasteiger partial charge in [0.1, 0.15) is 41.0 Å². The first-order valence-corrected chi connectivity index (χ1v) is 13.5. The molecule has 2 saturated heterocycles. The van der Waals surface area contributed by atoms with Gasteiger partial charge in [-0.3, -0.25) is 4.79 Å². The summed E-state index contributed by atoms with van der Waals surface area (Å²) in [6.07, 6.45) is 6.26. The van der Waals surface area contributed by atoms with Crippen molar-refractivity contribution < 1.29 is 14.3 Å². The summed E-state index contributed by atoms with van der Waals surface area (Å²) in [6.45, 7) is 1.64. The second kappa shape index (κ2) is 11.2. The quantitative estimate of drug-likeness (QED) is 0.278. The molecule has 0 saturated carbocycles. The minimum Gasteiger partial charge on any atom is -0.457 e. The maximum absolute atomic E-state index is 13.3. The predicted molar refractivity (Wildman–Crippen MR) is 149 cm³/mol. The third-order valence-electron chi connectivity index (χ3n) is 7.32. The lowest BCUT2D eigenvalue weighted by atomic mass is 10.0.